The zero-order valence-electron chi connectivity index (χ0n) is 23.9. The molecule has 3 aromatic heterocycles. The van der Waals surface area contributed by atoms with Gasteiger partial charge in [-0.05, 0) is 43.9 Å². The van der Waals surface area contributed by atoms with Gasteiger partial charge in [-0.3, -0.25) is 4.98 Å². The van der Waals surface area contributed by atoms with Crippen molar-refractivity contribution >= 4 is 52.0 Å². The number of piperidine rings is 1. The lowest BCUT2D eigenvalue weighted by atomic mass is 10.1. The number of fused-ring (bicyclic) bond motifs is 1. The van der Waals surface area contributed by atoms with Crippen LogP contribution in [0.2, 0.25) is 25.7 Å². The first-order valence-electron chi connectivity index (χ1n) is 14.2. The second-order valence-corrected chi connectivity index (χ2v) is 20.8. The Morgan fingerprint density at radius 1 is 1.07 bits per heavy atom. The minimum Gasteiger partial charge on any atom is -0.381 e. The molecule has 0 bridgehead atoms. The Morgan fingerprint density at radius 3 is 2.52 bits per heavy atom. The van der Waals surface area contributed by atoms with E-state index in [1.165, 1.54) is 31.9 Å². The topological polar surface area (TPSA) is 122 Å². The maximum atomic E-state index is 11.8. The molecule has 4 heterocycles. The van der Waals surface area contributed by atoms with E-state index < -0.39 is 18.1 Å². The number of pyridine rings is 2. The summed E-state index contributed by atoms with van der Waals surface area (Å²) in [7, 11) is -4.31. The molecule has 5 rings (SSSR count). The maximum absolute atomic E-state index is 11.8. The van der Waals surface area contributed by atoms with Crippen LogP contribution in [0.4, 0.5) is 11.5 Å². The summed E-state index contributed by atoms with van der Waals surface area (Å²) in [4.78, 5) is 9.69. The second kappa shape index (κ2) is 12.4. The molecule has 1 aliphatic heterocycles. The van der Waals surface area contributed by atoms with Crippen LogP contribution < -0.4 is 10.6 Å². The zero-order chi connectivity index (χ0) is 28.3. The Hall–Kier alpha value is -2.19. The van der Waals surface area contributed by atoms with Gasteiger partial charge in [0.25, 0.3) is 0 Å². The summed E-state index contributed by atoms with van der Waals surface area (Å²) in [6.07, 6.45) is 9.49. The van der Waals surface area contributed by atoms with E-state index in [1.807, 2.05) is 18.3 Å². The summed E-state index contributed by atoms with van der Waals surface area (Å²) < 4.78 is 31.2. The SMILES string of the molecule is C[Si](C)(C)CCOCNc1nc2cc(NC3CCN(S(C)(=O)=O)CC3)cnc2cc1-c1nnc(C2CCCC2)s1. The molecule has 13 heteroatoms. The molecule has 0 atom stereocenters. The number of ether oxygens (including phenoxy) is 1. The van der Waals surface area contributed by atoms with Crippen molar-refractivity contribution in [3.05, 3.63) is 23.3 Å². The van der Waals surface area contributed by atoms with Crippen LogP contribution in [0.5, 0.6) is 0 Å². The number of rotatable bonds is 11. The van der Waals surface area contributed by atoms with Gasteiger partial charge in [-0.2, -0.15) is 0 Å². The normalized spacial score (nSPS) is 18.0. The molecule has 40 heavy (non-hydrogen) atoms. The maximum Gasteiger partial charge on any atom is 0.211 e. The Bertz CT molecular complexity index is 1410. The number of hydrogen-bond donors (Lipinski definition) is 2. The predicted octanol–water partition coefficient (Wildman–Crippen LogP) is 5.37. The van der Waals surface area contributed by atoms with Crippen molar-refractivity contribution in [3.63, 3.8) is 0 Å². The highest BCUT2D eigenvalue weighted by Gasteiger charge is 2.26. The Kier molecular flexibility index (Phi) is 9.05. The highest BCUT2D eigenvalue weighted by atomic mass is 32.2. The van der Waals surface area contributed by atoms with E-state index >= 15 is 0 Å². The number of sulfonamides is 1. The summed E-state index contributed by atoms with van der Waals surface area (Å²) in [5.74, 6) is 1.23. The van der Waals surface area contributed by atoms with Gasteiger partial charge in [0, 0.05) is 39.7 Å². The van der Waals surface area contributed by atoms with Crippen LogP contribution in [0.25, 0.3) is 21.6 Å². The van der Waals surface area contributed by atoms with E-state index in [9.17, 15) is 8.42 Å². The van der Waals surface area contributed by atoms with Crippen molar-refractivity contribution in [2.75, 3.05) is 43.3 Å². The predicted molar refractivity (Wildman–Crippen MR) is 165 cm³/mol. The first kappa shape index (κ1) is 29.3. The minimum atomic E-state index is -3.15. The van der Waals surface area contributed by atoms with E-state index in [-0.39, 0.29) is 6.04 Å². The molecule has 0 unspecified atom stereocenters. The lowest BCUT2D eigenvalue weighted by Gasteiger charge is -2.31. The van der Waals surface area contributed by atoms with Crippen molar-refractivity contribution in [3.8, 4) is 10.6 Å². The molecule has 2 aliphatic rings. The molecule has 3 aromatic rings. The van der Waals surface area contributed by atoms with E-state index in [1.54, 1.807) is 15.6 Å². The molecule has 1 saturated carbocycles. The van der Waals surface area contributed by atoms with Crippen LogP contribution in [-0.2, 0) is 14.8 Å². The van der Waals surface area contributed by atoms with Gasteiger partial charge in [-0.1, -0.05) is 43.8 Å². The number of hydrogen-bond acceptors (Lipinski definition) is 10. The average Bonchev–Trinajstić information content (AvgIpc) is 3.60. The van der Waals surface area contributed by atoms with Gasteiger partial charge in [-0.25, -0.2) is 17.7 Å². The third-order valence-electron chi connectivity index (χ3n) is 7.67. The van der Waals surface area contributed by atoms with Crippen LogP contribution >= 0.6 is 11.3 Å². The summed E-state index contributed by atoms with van der Waals surface area (Å²) in [5.41, 5.74) is 3.33. The van der Waals surface area contributed by atoms with Crippen molar-refractivity contribution in [1.29, 1.82) is 0 Å². The fourth-order valence-electron chi connectivity index (χ4n) is 5.25. The monoisotopic (exact) mass is 603 g/mol. The van der Waals surface area contributed by atoms with Gasteiger partial charge < -0.3 is 15.4 Å². The van der Waals surface area contributed by atoms with E-state index in [4.69, 9.17) is 14.7 Å². The van der Waals surface area contributed by atoms with Crippen molar-refractivity contribution in [2.24, 2.45) is 0 Å². The number of aromatic nitrogens is 4. The van der Waals surface area contributed by atoms with Crippen molar-refractivity contribution < 1.29 is 13.2 Å². The number of nitrogens with zero attached hydrogens (tertiary/aromatic N) is 5. The Morgan fingerprint density at radius 2 is 1.82 bits per heavy atom. The van der Waals surface area contributed by atoms with Crippen molar-refractivity contribution in [1.82, 2.24) is 24.5 Å². The van der Waals surface area contributed by atoms with Gasteiger partial charge in [0.2, 0.25) is 10.0 Å². The van der Waals surface area contributed by atoms with E-state index in [0.29, 0.717) is 25.7 Å². The first-order valence-corrected chi connectivity index (χ1v) is 20.6. The van der Waals surface area contributed by atoms with Crippen molar-refractivity contribution in [2.45, 2.75) is 76.2 Å². The summed E-state index contributed by atoms with van der Waals surface area (Å²) in [5, 5.41) is 18.0. The third kappa shape index (κ3) is 7.55. The van der Waals surface area contributed by atoms with Crippen LogP contribution in [0.1, 0.15) is 49.5 Å². The van der Waals surface area contributed by atoms with Crippen LogP contribution in [0.15, 0.2) is 18.3 Å². The van der Waals surface area contributed by atoms with Gasteiger partial charge >= 0.3 is 0 Å². The highest BCUT2D eigenvalue weighted by molar-refractivity contribution is 7.88. The molecular weight excluding hydrogens is 563 g/mol. The molecular formula is C27H41N7O3S2Si. The third-order valence-corrected chi connectivity index (χ3v) is 11.8. The van der Waals surface area contributed by atoms with Crippen LogP contribution in [-0.4, -0.2) is 79.7 Å². The molecule has 2 fully saturated rings. The minimum absolute atomic E-state index is 0.185. The molecule has 1 saturated heterocycles. The Labute approximate surface area is 242 Å². The molecule has 10 nitrogen and oxygen atoms in total. The number of anilines is 2. The lowest BCUT2D eigenvalue weighted by molar-refractivity contribution is 0.165. The quantitative estimate of drug-likeness (QED) is 0.169. The van der Waals surface area contributed by atoms with Crippen LogP contribution in [0.3, 0.4) is 0 Å². The first-order chi connectivity index (χ1) is 19.0. The van der Waals surface area contributed by atoms with Crippen LogP contribution in [0, 0.1) is 0 Å². The average molecular weight is 604 g/mol. The molecule has 0 amide bonds. The molecule has 0 radical (unpaired) electrons. The van der Waals surface area contributed by atoms with Gasteiger partial charge in [0.05, 0.1) is 34.7 Å². The molecule has 1 aliphatic carbocycles. The van der Waals surface area contributed by atoms with E-state index in [2.05, 4.69) is 40.5 Å². The second-order valence-electron chi connectivity index (χ2n) is 12.2. The summed E-state index contributed by atoms with van der Waals surface area (Å²) in [6.45, 7) is 9.18. The smallest absolute Gasteiger partial charge is 0.211 e. The standard InChI is InChI=1S/C27H41N7O3S2Si/c1-39(35,36)34-11-9-20(10-12-34)30-21-15-24-23(28-17-21)16-22(25(31-24)29-18-37-13-14-40(2,3)4)27-33-32-26(38-27)19-7-5-6-8-19/h15-17,19-20,30H,5-14,18H2,1-4H3,(H,29,31). The highest BCUT2D eigenvalue weighted by Crippen LogP contribution is 2.39. The summed E-state index contributed by atoms with van der Waals surface area (Å²) in [6, 6.07) is 5.34. The molecule has 0 aromatic carbocycles. The van der Waals surface area contributed by atoms with Gasteiger partial charge in [0.1, 0.15) is 17.6 Å². The van der Waals surface area contributed by atoms with E-state index in [0.717, 1.165) is 63.6 Å². The number of nitrogens with one attached hydrogen (secondary N) is 2. The fourth-order valence-corrected chi connectivity index (χ4v) is 7.91. The Balaban J connectivity index is 1.35. The van der Waals surface area contributed by atoms with Gasteiger partial charge in [0.15, 0.2) is 5.01 Å². The lowest BCUT2D eigenvalue weighted by Crippen LogP contribution is -2.41. The molecule has 2 N–H and O–H groups in total. The fraction of sp³-hybridized carbons (Fsp3) is 0.630. The largest absolute Gasteiger partial charge is 0.381 e. The molecule has 218 valence electrons. The zero-order valence-corrected chi connectivity index (χ0v) is 26.6. The summed E-state index contributed by atoms with van der Waals surface area (Å²) >= 11 is 1.66. The van der Waals surface area contributed by atoms with Gasteiger partial charge in [-0.15, -0.1) is 10.2 Å². The molecule has 0 spiro atoms.